The van der Waals surface area contributed by atoms with Crippen molar-refractivity contribution < 1.29 is 25.5 Å². The predicted octanol–water partition coefficient (Wildman–Crippen LogP) is 1.90. The van der Waals surface area contributed by atoms with Gasteiger partial charge < -0.3 is 30.8 Å². The summed E-state index contributed by atoms with van der Waals surface area (Å²) in [5, 5.41) is 50.3. The molecule has 2 radical (unpaired) electrons. The first-order valence-electron chi connectivity index (χ1n) is 6.90. The molecule has 0 unspecified atom stereocenters. The molecule has 9 heteroatoms. The lowest BCUT2D eigenvalue weighted by atomic mass is 9.89. The Balaban J connectivity index is 2.07. The van der Waals surface area contributed by atoms with E-state index in [9.17, 15) is 25.5 Å². The third-order valence-electron chi connectivity index (χ3n) is 3.30. The van der Waals surface area contributed by atoms with Gasteiger partial charge in [0.1, 0.15) is 7.85 Å². The molecule has 25 heavy (non-hydrogen) atoms. The van der Waals surface area contributed by atoms with Crippen LogP contribution in [0.25, 0.3) is 6.08 Å². The van der Waals surface area contributed by atoms with Gasteiger partial charge in [0.25, 0.3) is 0 Å². The Morgan fingerprint density at radius 1 is 1.04 bits per heavy atom. The molecule has 0 aliphatic rings. The van der Waals surface area contributed by atoms with Crippen LogP contribution in [0.4, 0.5) is 0 Å². The topological polar surface area (TPSA) is 113 Å². The summed E-state index contributed by atoms with van der Waals surface area (Å²) in [7, 11) is 5.84. The normalized spacial score (nSPS) is 10.9. The highest BCUT2D eigenvalue weighted by atomic mass is 79.9. The Morgan fingerprint density at radius 3 is 2.20 bits per heavy atom. The van der Waals surface area contributed by atoms with Crippen LogP contribution in [0.15, 0.2) is 28.7 Å². The van der Waals surface area contributed by atoms with Crippen LogP contribution in [-0.2, 0) is 6.54 Å². The van der Waals surface area contributed by atoms with Gasteiger partial charge in [-0.1, -0.05) is 23.8 Å². The average molecular weight is 422 g/mol. The van der Waals surface area contributed by atoms with Crippen molar-refractivity contribution in [3.63, 3.8) is 0 Å². The molecule has 128 valence electrons. The molecule has 2 aromatic carbocycles. The van der Waals surface area contributed by atoms with Crippen LogP contribution in [0.2, 0.25) is 0 Å². The number of phenols is 5. The number of hydrogen-bond acceptors (Lipinski definition) is 6. The lowest BCUT2D eigenvalue weighted by Crippen LogP contribution is -2.18. The van der Waals surface area contributed by atoms with E-state index in [1.165, 1.54) is 24.3 Å². The molecular weight excluding hydrogens is 409 g/mol. The molecule has 0 fully saturated rings. The molecule has 0 aromatic heterocycles. The number of aromatic hydroxyl groups is 5. The van der Waals surface area contributed by atoms with Crippen LogP contribution in [0, 0.1) is 0 Å². The first kappa shape index (κ1) is 18.9. The smallest absolute Gasteiger partial charge is 0.200 e. The van der Waals surface area contributed by atoms with Gasteiger partial charge in [0.05, 0.1) is 9.46 Å². The number of halogens is 1. The second-order valence-electron chi connectivity index (χ2n) is 5.09. The summed E-state index contributed by atoms with van der Waals surface area (Å²) in [6.45, 7) is 0.199. The molecule has 0 amide bonds. The molecular formula is C16H13BBrNO5S. The summed E-state index contributed by atoms with van der Waals surface area (Å²) in [4.78, 5) is 0.329. The molecule has 2 aromatic rings. The maximum atomic E-state index is 9.61. The van der Waals surface area contributed by atoms with Crippen molar-refractivity contribution in [2.75, 3.05) is 0 Å². The maximum absolute atomic E-state index is 9.61. The monoisotopic (exact) mass is 421 g/mol. The van der Waals surface area contributed by atoms with Crippen molar-refractivity contribution in [1.82, 2.24) is 5.32 Å². The van der Waals surface area contributed by atoms with Crippen LogP contribution in [0.5, 0.6) is 28.7 Å². The lowest BCUT2D eigenvalue weighted by Gasteiger charge is -2.09. The fraction of sp³-hybridized carbons (Fsp3) is 0.0625. The summed E-state index contributed by atoms with van der Waals surface area (Å²) < 4.78 is 0.182. The van der Waals surface area contributed by atoms with Crippen LogP contribution in [-0.4, -0.2) is 38.4 Å². The van der Waals surface area contributed by atoms with E-state index in [-0.39, 0.29) is 28.0 Å². The van der Waals surface area contributed by atoms with E-state index in [0.29, 0.717) is 16.1 Å². The largest absolute Gasteiger partial charge is 0.504 e. The number of hydrogen-bond donors (Lipinski definition) is 6. The van der Waals surface area contributed by atoms with Crippen LogP contribution in [0.3, 0.4) is 0 Å². The fourth-order valence-electron chi connectivity index (χ4n) is 1.97. The summed E-state index contributed by atoms with van der Waals surface area (Å²) in [5.74, 6) is -2.12. The van der Waals surface area contributed by atoms with Gasteiger partial charge in [0.2, 0.25) is 0 Å². The Bertz CT molecular complexity index is 849. The van der Waals surface area contributed by atoms with Crippen molar-refractivity contribution in [2.24, 2.45) is 0 Å². The van der Waals surface area contributed by atoms with Crippen LogP contribution < -0.4 is 10.8 Å². The Kier molecular flexibility index (Phi) is 5.81. The molecule has 0 bridgehead atoms. The van der Waals surface area contributed by atoms with E-state index in [1.54, 1.807) is 6.08 Å². The Labute approximate surface area is 158 Å². The van der Waals surface area contributed by atoms with Crippen LogP contribution >= 0.6 is 28.1 Å². The van der Waals surface area contributed by atoms with Gasteiger partial charge in [0, 0.05) is 6.54 Å². The van der Waals surface area contributed by atoms with Crippen molar-refractivity contribution >= 4 is 52.5 Å². The highest BCUT2D eigenvalue weighted by Crippen LogP contribution is 2.35. The first-order valence-corrected chi connectivity index (χ1v) is 8.10. The van der Waals surface area contributed by atoms with Gasteiger partial charge in [-0.2, -0.15) is 0 Å². The highest BCUT2D eigenvalue weighted by molar-refractivity contribution is 9.10. The lowest BCUT2D eigenvalue weighted by molar-refractivity contribution is 0.367. The van der Waals surface area contributed by atoms with Gasteiger partial charge in [-0.05, 0) is 51.3 Å². The van der Waals surface area contributed by atoms with Crippen molar-refractivity contribution in [3.05, 3.63) is 39.9 Å². The van der Waals surface area contributed by atoms with Gasteiger partial charge in [0.15, 0.2) is 28.7 Å². The molecule has 0 heterocycles. The van der Waals surface area contributed by atoms with Gasteiger partial charge in [-0.25, -0.2) is 0 Å². The zero-order valence-electron chi connectivity index (χ0n) is 12.7. The van der Waals surface area contributed by atoms with E-state index < -0.39 is 17.2 Å². The van der Waals surface area contributed by atoms with E-state index in [1.807, 2.05) is 0 Å². The third-order valence-corrected chi connectivity index (χ3v) is 4.38. The molecule has 2 rings (SSSR count). The number of thiocarbonyl (C=S) groups is 1. The molecule has 0 aliphatic carbocycles. The quantitative estimate of drug-likeness (QED) is 0.193. The first-order chi connectivity index (χ1) is 11.7. The predicted molar refractivity (Wildman–Crippen MR) is 103 cm³/mol. The summed E-state index contributed by atoms with van der Waals surface area (Å²) in [6.07, 6.45) is 3.09. The van der Waals surface area contributed by atoms with E-state index in [0.717, 1.165) is 0 Å². The zero-order chi connectivity index (χ0) is 18.7. The summed E-state index contributed by atoms with van der Waals surface area (Å²) >= 11 is 8.23. The molecule has 6 N–H and O–H groups in total. The average Bonchev–Trinajstić information content (AvgIpc) is 2.57. The minimum absolute atomic E-state index is 0.182. The number of benzene rings is 2. The van der Waals surface area contributed by atoms with Crippen molar-refractivity contribution in [3.8, 4) is 28.7 Å². The number of phenolic OH excluding ortho intramolecular Hbond substituents is 5. The van der Waals surface area contributed by atoms with Gasteiger partial charge in [-0.3, -0.25) is 0 Å². The molecule has 0 spiro atoms. The molecule has 0 saturated carbocycles. The zero-order valence-corrected chi connectivity index (χ0v) is 15.1. The second-order valence-corrected chi connectivity index (χ2v) is 6.33. The molecule has 6 nitrogen and oxygen atoms in total. The minimum atomic E-state index is -0.584. The van der Waals surface area contributed by atoms with Crippen molar-refractivity contribution in [1.29, 1.82) is 0 Å². The van der Waals surface area contributed by atoms with Crippen LogP contribution in [0.1, 0.15) is 11.1 Å². The summed E-state index contributed by atoms with van der Waals surface area (Å²) in [6, 6.07) is 3.88. The summed E-state index contributed by atoms with van der Waals surface area (Å²) in [5.41, 5.74) is 1.20. The minimum Gasteiger partial charge on any atom is -0.504 e. The molecule has 0 atom stereocenters. The number of rotatable bonds is 4. The van der Waals surface area contributed by atoms with Crippen molar-refractivity contribution in [2.45, 2.75) is 6.54 Å². The number of nitrogens with one attached hydrogen (secondary N) is 1. The van der Waals surface area contributed by atoms with Gasteiger partial charge in [-0.15, -0.1) is 0 Å². The Morgan fingerprint density at radius 2 is 1.60 bits per heavy atom. The third kappa shape index (κ3) is 4.37. The van der Waals surface area contributed by atoms with Gasteiger partial charge >= 0.3 is 0 Å². The standard InChI is InChI=1S/C16H13BBrNO5S/c17-13-8(5-11(22)16(24)14(13)18)1-2-12(25)19-6-7-3-9(20)15(23)10(21)4-7/h1-5,20-24H,6H2,(H,19,25). The van der Waals surface area contributed by atoms with E-state index in [4.69, 9.17) is 20.1 Å². The molecule has 0 aliphatic heterocycles. The SMILES string of the molecule is [B]c1c(C=CC(=S)NCc2cc(O)c(O)c(O)c2)cc(O)c(O)c1Br. The fourth-order valence-corrected chi connectivity index (χ4v) is 2.55. The molecule has 0 saturated heterocycles. The van der Waals surface area contributed by atoms with E-state index >= 15 is 0 Å². The Hall–Kier alpha value is -2.39. The van der Waals surface area contributed by atoms with E-state index in [2.05, 4.69) is 21.2 Å². The maximum Gasteiger partial charge on any atom is 0.200 e. The highest BCUT2D eigenvalue weighted by Gasteiger charge is 2.10. The second kappa shape index (κ2) is 7.67.